The second-order valence-corrected chi connectivity index (χ2v) is 6.27. The molecule has 0 aromatic heterocycles. The number of likely N-dealkylation sites (N-methyl/N-ethyl adjacent to an activating group) is 1. The quantitative estimate of drug-likeness (QED) is 0.659. The average Bonchev–Trinajstić information content (AvgIpc) is 2.06. The van der Waals surface area contributed by atoms with Crippen molar-refractivity contribution in [3.63, 3.8) is 0 Å². The predicted octanol–water partition coefficient (Wildman–Crippen LogP) is 1.59. The van der Waals surface area contributed by atoms with Gasteiger partial charge < -0.3 is 4.90 Å². The third kappa shape index (κ3) is 2.71. The largest absolute Gasteiger partial charge is 0.339 e. The maximum absolute atomic E-state index is 12.2. The zero-order chi connectivity index (χ0) is 11.9. The summed E-state index contributed by atoms with van der Waals surface area (Å²) in [7, 11) is 2.02. The lowest BCUT2D eigenvalue weighted by molar-refractivity contribution is -0.149. The van der Waals surface area contributed by atoms with Crippen LogP contribution in [0.5, 0.6) is 0 Å². The standard InChI is InChI=1S/C12H24N2O/c1-11(2,3)9-14-8-7-13(6)12(4,5)10(14)15/h7-9H2,1-6H3. The van der Waals surface area contributed by atoms with E-state index >= 15 is 0 Å². The van der Waals surface area contributed by atoms with Gasteiger partial charge in [0.2, 0.25) is 5.91 Å². The average molecular weight is 212 g/mol. The molecule has 0 aromatic rings. The smallest absolute Gasteiger partial charge is 0.242 e. The Labute approximate surface area is 93.4 Å². The molecule has 0 aromatic carbocycles. The van der Waals surface area contributed by atoms with E-state index in [1.165, 1.54) is 0 Å². The fraction of sp³-hybridized carbons (Fsp3) is 0.917. The van der Waals surface area contributed by atoms with Gasteiger partial charge in [0.25, 0.3) is 0 Å². The molecular formula is C12H24N2O. The molecule has 0 saturated carbocycles. The topological polar surface area (TPSA) is 23.6 Å². The Morgan fingerprint density at radius 2 is 1.80 bits per heavy atom. The molecular weight excluding hydrogens is 188 g/mol. The number of hydrogen-bond acceptors (Lipinski definition) is 2. The van der Waals surface area contributed by atoms with Crippen LogP contribution in [0.15, 0.2) is 0 Å². The Morgan fingerprint density at radius 1 is 1.27 bits per heavy atom. The first-order valence-corrected chi connectivity index (χ1v) is 5.65. The van der Waals surface area contributed by atoms with E-state index in [4.69, 9.17) is 0 Å². The summed E-state index contributed by atoms with van der Waals surface area (Å²) in [6, 6.07) is 0. The van der Waals surface area contributed by atoms with Crippen LogP contribution in [0.1, 0.15) is 34.6 Å². The van der Waals surface area contributed by atoms with Crippen LogP contribution in [0.2, 0.25) is 0 Å². The molecule has 1 heterocycles. The van der Waals surface area contributed by atoms with Crippen molar-refractivity contribution in [2.24, 2.45) is 5.41 Å². The highest BCUT2D eigenvalue weighted by Crippen LogP contribution is 2.24. The first-order chi connectivity index (χ1) is 6.64. The van der Waals surface area contributed by atoms with Gasteiger partial charge in [-0.15, -0.1) is 0 Å². The third-order valence-electron chi connectivity index (χ3n) is 3.14. The molecule has 0 spiro atoms. The van der Waals surface area contributed by atoms with Crippen molar-refractivity contribution in [2.75, 3.05) is 26.7 Å². The van der Waals surface area contributed by atoms with Crippen molar-refractivity contribution in [1.82, 2.24) is 9.80 Å². The van der Waals surface area contributed by atoms with Gasteiger partial charge in [0.15, 0.2) is 0 Å². The summed E-state index contributed by atoms with van der Waals surface area (Å²) < 4.78 is 0. The summed E-state index contributed by atoms with van der Waals surface area (Å²) in [6.45, 7) is 13.2. The van der Waals surface area contributed by atoms with Crippen molar-refractivity contribution in [3.05, 3.63) is 0 Å². The predicted molar refractivity (Wildman–Crippen MR) is 62.7 cm³/mol. The van der Waals surface area contributed by atoms with Gasteiger partial charge in [-0.1, -0.05) is 20.8 Å². The van der Waals surface area contributed by atoms with Crippen LogP contribution in [-0.4, -0.2) is 47.9 Å². The minimum Gasteiger partial charge on any atom is -0.339 e. The van der Waals surface area contributed by atoms with Gasteiger partial charge in [0.1, 0.15) is 0 Å². The summed E-state index contributed by atoms with van der Waals surface area (Å²) in [5.41, 5.74) is -0.162. The van der Waals surface area contributed by atoms with E-state index < -0.39 is 0 Å². The molecule has 1 rings (SSSR count). The molecule has 3 nitrogen and oxygen atoms in total. The Morgan fingerprint density at radius 3 is 2.27 bits per heavy atom. The molecule has 1 aliphatic rings. The second kappa shape index (κ2) is 3.78. The molecule has 0 atom stereocenters. The minimum atomic E-state index is -0.344. The van der Waals surface area contributed by atoms with Crippen LogP contribution < -0.4 is 0 Å². The van der Waals surface area contributed by atoms with Crippen LogP contribution in [0.3, 0.4) is 0 Å². The molecule has 15 heavy (non-hydrogen) atoms. The lowest BCUT2D eigenvalue weighted by atomic mass is 9.92. The summed E-state index contributed by atoms with van der Waals surface area (Å²) >= 11 is 0. The summed E-state index contributed by atoms with van der Waals surface area (Å²) in [5, 5.41) is 0. The van der Waals surface area contributed by atoms with Crippen molar-refractivity contribution < 1.29 is 4.79 Å². The van der Waals surface area contributed by atoms with Crippen molar-refractivity contribution >= 4 is 5.91 Å². The normalized spacial score (nSPS) is 23.3. The van der Waals surface area contributed by atoms with Crippen LogP contribution in [0.25, 0.3) is 0 Å². The number of carbonyl (C=O) groups is 1. The third-order valence-corrected chi connectivity index (χ3v) is 3.14. The molecule has 1 amide bonds. The van der Waals surface area contributed by atoms with E-state index in [1.54, 1.807) is 0 Å². The maximum atomic E-state index is 12.2. The van der Waals surface area contributed by atoms with E-state index in [2.05, 4.69) is 25.7 Å². The van der Waals surface area contributed by atoms with E-state index in [0.717, 1.165) is 19.6 Å². The van der Waals surface area contributed by atoms with Crippen LogP contribution in [0.4, 0.5) is 0 Å². The van der Waals surface area contributed by atoms with Crippen LogP contribution >= 0.6 is 0 Å². The van der Waals surface area contributed by atoms with Gasteiger partial charge >= 0.3 is 0 Å². The van der Waals surface area contributed by atoms with Gasteiger partial charge in [0, 0.05) is 19.6 Å². The summed E-state index contributed by atoms with van der Waals surface area (Å²) in [5.74, 6) is 0.256. The number of amides is 1. The van der Waals surface area contributed by atoms with Crippen molar-refractivity contribution in [3.8, 4) is 0 Å². The van der Waals surface area contributed by atoms with E-state index in [-0.39, 0.29) is 16.9 Å². The van der Waals surface area contributed by atoms with E-state index in [9.17, 15) is 4.79 Å². The highest BCUT2D eigenvalue weighted by molar-refractivity contribution is 5.86. The molecule has 0 unspecified atom stereocenters. The molecule has 1 saturated heterocycles. The number of nitrogens with zero attached hydrogens (tertiary/aromatic N) is 2. The van der Waals surface area contributed by atoms with Gasteiger partial charge in [0.05, 0.1) is 5.54 Å². The molecule has 88 valence electrons. The SMILES string of the molecule is CN1CCN(CC(C)(C)C)C(=O)C1(C)C. The molecule has 0 aliphatic carbocycles. The highest BCUT2D eigenvalue weighted by Gasteiger charge is 2.40. The van der Waals surface area contributed by atoms with Crippen LogP contribution in [-0.2, 0) is 4.79 Å². The molecule has 1 fully saturated rings. The Hall–Kier alpha value is -0.570. The maximum Gasteiger partial charge on any atom is 0.242 e. The molecule has 0 radical (unpaired) electrons. The fourth-order valence-electron chi connectivity index (χ4n) is 1.93. The van der Waals surface area contributed by atoms with Gasteiger partial charge in [-0.2, -0.15) is 0 Å². The fourth-order valence-corrected chi connectivity index (χ4v) is 1.93. The highest BCUT2D eigenvalue weighted by atomic mass is 16.2. The number of rotatable bonds is 1. The van der Waals surface area contributed by atoms with E-state index in [0.29, 0.717) is 0 Å². The van der Waals surface area contributed by atoms with Crippen molar-refractivity contribution in [2.45, 2.75) is 40.2 Å². The van der Waals surface area contributed by atoms with Gasteiger partial charge in [-0.05, 0) is 26.3 Å². The van der Waals surface area contributed by atoms with Crippen LogP contribution in [0, 0.1) is 5.41 Å². The first kappa shape index (κ1) is 12.5. The first-order valence-electron chi connectivity index (χ1n) is 5.65. The zero-order valence-corrected chi connectivity index (χ0v) is 10.9. The lowest BCUT2D eigenvalue weighted by Crippen LogP contribution is -2.62. The number of piperazine rings is 1. The lowest BCUT2D eigenvalue weighted by Gasteiger charge is -2.45. The molecule has 0 bridgehead atoms. The minimum absolute atomic E-state index is 0.182. The monoisotopic (exact) mass is 212 g/mol. The summed E-state index contributed by atoms with van der Waals surface area (Å²) in [4.78, 5) is 16.4. The zero-order valence-electron chi connectivity index (χ0n) is 10.9. The molecule has 3 heteroatoms. The second-order valence-electron chi connectivity index (χ2n) is 6.27. The Bertz CT molecular complexity index is 253. The number of hydrogen-bond donors (Lipinski definition) is 0. The Balaban J connectivity index is 2.75. The van der Waals surface area contributed by atoms with Gasteiger partial charge in [-0.25, -0.2) is 0 Å². The molecule has 1 aliphatic heterocycles. The van der Waals surface area contributed by atoms with Gasteiger partial charge in [-0.3, -0.25) is 9.69 Å². The molecule has 0 N–H and O–H groups in total. The van der Waals surface area contributed by atoms with Crippen molar-refractivity contribution in [1.29, 1.82) is 0 Å². The van der Waals surface area contributed by atoms with E-state index in [1.807, 2.05) is 25.8 Å². The number of carbonyl (C=O) groups excluding carboxylic acids is 1. The summed E-state index contributed by atoms with van der Waals surface area (Å²) in [6.07, 6.45) is 0. The Kier molecular flexibility index (Phi) is 3.15.